The molecule has 0 unspecified atom stereocenters. The van der Waals surface area contributed by atoms with E-state index in [1.54, 1.807) is 18.3 Å². The minimum Gasteiger partial charge on any atom is -0.437 e. The van der Waals surface area contributed by atoms with Crippen LogP contribution >= 0.6 is 0 Å². The van der Waals surface area contributed by atoms with Gasteiger partial charge >= 0.3 is 0 Å². The average Bonchev–Trinajstić information content (AvgIpc) is 2.42. The van der Waals surface area contributed by atoms with Crippen LogP contribution < -0.4 is 10.5 Å². The first-order valence-corrected chi connectivity index (χ1v) is 5.83. The first-order valence-electron chi connectivity index (χ1n) is 5.83. The van der Waals surface area contributed by atoms with E-state index in [0.29, 0.717) is 17.3 Å². The number of nitrogen functional groups attached to an aromatic ring is 1. The molecule has 2 N–H and O–H groups in total. The van der Waals surface area contributed by atoms with Gasteiger partial charge in [-0.05, 0) is 37.3 Å². The Balaban J connectivity index is 2.05. The molecule has 0 radical (unpaired) electrons. The predicted molar refractivity (Wildman–Crippen MR) is 73.0 cm³/mol. The van der Waals surface area contributed by atoms with E-state index in [9.17, 15) is 0 Å². The van der Waals surface area contributed by atoms with Crippen LogP contribution in [0.5, 0.6) is 11.6 Å². The molecular formula is C14H12N4O. The second-order valence-corrected chi connectivity index (χ2v) is 4.19. The summed E-state index contributed by atoms with van der Waals surface area (Å²) >= 11 is 0. The van der Waals surface area contributed by atoms with Crippen molar-refractivity contribution in [3.63, 3.8) is 0 Å². The molecule has 3 aromatic rings. The first-order chi connectivity index (χ1) is 9.22. The molecule has 5 heteroatoms. The quantitative estimate of drug-likeness (QED) is 0.710. The van der Waals surface area contributed by atoms with Gasteiger partial charge in [0, 0.05) is 11.4 Å². The van der Waals surface area contributed by atoms with Crippen LogP contribution in [0.3, 0.4) is 0 Å². The highest BCUT2D eigenvalue weighted by Crippen LogP contribution is 2.27. The number of hydrogen-bond acceptors (Lipinski definition) is 5. The molecule has 1 aromatic carbocycles. The van der Waals surface area contributed by atoms with Crippen molar-refractivity contribution < 1.29 is 4.74 Å². The molecule has 94 valence electrons. The molecule has 0 spiro atoms. The third-order valence-corrected chi connectivity index (χ3v) is 2.72. The standard InChI is InChI=1S/C14H12N4O/c1-9-2-4-11(7-16-9)19-14-12-6-10(15)3-5-13(12)17-8-18-14/h2-8H,15H2,1H3. The van der Waals surface area contributed by atoms with Gasteiger partial charge in [0.2, 0.25) is 5.88 Å². The summed E-state index contributed by atoms with van der Waals surface area (Å²) in [6, 6.07) is 9.17. The summed E-state index contributed by atoms with van der Waals surface area (Å²) in [5.41, 5.74) is 8.16. The van der Waals surface area contributed by atoms with Crippen LogP contribution in [0.4, 0.5) is 5.69 Å². The summed E-state index contributed by atoms with van der Waals surface area (Å²) in [7, 11) is 0. The second kappa shape index (κ2) is 4.53. The summed E-state index contributed by atoms with van der Waals surface area (Å²) in [4.78, 5) is 12.5. The normalized spacial score (nSPS) is 10.6. The molecule has 0 aliphatic rings. The number of anilines is 1. The van der Waals surface area contributed by atoms with Crippen LogP contribution in [0.25, 0.3) is 10.9 Å². The highest BCUT2D eigenvalue weighted by Gasteiger charge is 2.06. The first kappa shape index (κ1) is 11.4. The fourth-order valence-corrected chi connectivity index (χ4v) is 1.76. The lowest BCUT2D eigenvalue weighted by Gasteiger charge is -2.07. The summed E-state index contributed by atoms with van der Waals surface area (Å²) < 4.78 is 5.73. The maximum absolute atomic E-state index is 5.78. The van der Waals surface area contributed by atoms with Gasteiger partial charge in [0.05, 0.1) is 17.1 Å². The van der Waals surface area contributed by atoms with Crippen LogP contribution in [-0.2, 0) is 0 Å². The smallest absolute Gasteiger partial charge is 0.230 e. The van der Waals surface area contributed by atoms with E-state index < -0.39 is 0 Å². The van der Waals surface area contributed by atoms with Crippen molar-refractivity contribution in [1.82, 2.24) is 15.0 Å². The number of aromatic nitrogens is 3. The third kappa shape index (κ3) is 2.30. The maximum Gasteiger partial charge on any atom is 0.230 e. The average molecular weight is 252 g/mol. The minimum atomic E-state index is 0.475. The van der Waals surface area contributed by atoms with Crippen molar-refractivity contribution >= 4 is 16.6 Å². The Morgan fingerprint density at radius 1 is 1.05 bits per heavy atom. The largest absolute Gasteiger partial charge is 0.437 e. The van der Waals surface area contributed by atoms with Gasteiger partial charge in [-0.1, -0.05) is 0 Å². The van der Waals surface area contributed by atoms with Crippen molar-refractivity contribution in [2.45, 2.75) is 6.92 Å². The fraction of sp³-hybridized carbons (Fsp3) is 0.0714. The van der Waals surface area contributed by atoms with Gasteiger partial charge in [0.1, 0.15) is 12.1 Å². The lowest BCUT2D eigenvalue weighted by Crippen LogP contribution is -1.93. The van der Waals surface area contributed by atoms with Crippen molar-refractivity contribution in [1.29, 1.82) is 0 Å². The van der Waals surface area contributed by atoms with E-state index >= 15 is 0 Å². The summed E-state index contributed by atoms with van der Waals surface area (Å²) in [6.07, 6.45) is 3.13. The topological polar surface area (TPSA) is 73.9 Å². The molecule has 2 aromatic heterocycles. The molecular weight excluding hydrogens is 240 g/mol. The number of aryl methyl sites for hydroxylation is 1. The van der Waals surface area contributed by atoms with Gasteiger partial charge in [-0.25, -0.2) is 9.97 Å². The molecule has 2 heterocycles. The molecule has 0 atom stereocenters. The van der Waals surface area contributed by atoms with Crippen molar-refractivity contribution in [3.05, 3.63) is 48.5 Å². The Morgan fingerprint density at radius 2 is 1.95 bits per heavy atom. The third-order valence-electron chi connectivity index (χ3n) is 2.72. The van der Waals surface area contributed by atoms with Crippen molar-refractivity contribution in [2.24, 2.45) is 0 Å². The van der Waals surface area contributed by atoms with Crippen LogP contribution in [-0.4, -0.2) is 15.0 Å². The lowest BCUT2D eigenvalue weighted by atomic mass is 10.2. The number of fused-ring (bicyclic) bond motifs is 1. The minimum absolute atomic E-state index is 0.475. The number of ether oxygens (including phenoxy) is 1. The highest BCUT2D eigenvalue weighted by molar-refractivity contribution is 5.86. The summed E-state index contributed by atoms with van der Waals surface area (Å²) in [5, 5.41) is 0.781. The zero-order valence-corrected chi connectivity index (χ0v) is 10.4. The van der Waals surface area contributed by atoms with E-state index in [4.69, 9.17) is 10.5 Å². The Bertz CT molecular complexity index is 725. The van der Waals surface area contributed by atoms with Gasteiger partial charge in [0.15, 0.2) is 0 Å². The number of benzene rings is 1. The summed E-state index contributed by atoms with van der Waals surface area (Å²) in [5.74, 6) is 1.11. The second-order valence-electron chi connectivity index (χ2n) is 4.19. The fourth-order valence-electron chi connectivity index (χ4n) is 1.76. The Kier molecular flexibility index (Phi) is 2.72. The number of rotatable bonds is 2. The molecule has 0 saturated heterocycles. The maximum atomic E-state index is 5.78. The molecule has 0 aliphatic carbocycles. The molecule has 0 fully saturated rings. The monoisotopic (exact) mass is 252 g/mol. The molecule has 5 nitrogen and oxygen atoms in total. The molecule has 3 rings (SSSR count). The molecule has 0 saturated carbocycles. The number of hydrogen-bond donors (Lipinski definition) is 1. The van der Waals surface area contributed by atoms with E-state index in [0.717, 1.165) is 16.6 Å². The van der Waals surface area contributed by atoms with Gasteiger partial charge < -0.3 is 10.5 Å². The zero-order valence-electron chi connectivity index (χ0n) is 10.4. The SMILES string of the molecule is Cc1ccc(Oc2ncnc3ccc(N)cc23)cn1. The highest BCUT2D eigenvalue weighted by atomic mass is 16.5. The van der Waals surface area contributed by atoms with Crippen LogP contribution in [0.2, 0.25) is 0 Å². The predicted octanol–water partition coefficient (Wildman–Crippen LogP) is 2.71. The van der Waals surface area contributed by atoms with Crippen LogP contribution in [0.1, 0.15) is 5.69 Å². The number of nitrogens with two attached hydrogens (primary N) is 1. The lowest BCUT2D eigenvalue weighted by molar-refractivity contribution is 0.465. The van der Waals surface area contributed by atoms with E-state index in [1.807, 2.05) is 25.1 Å². The van der Waals surface area contributed by atoms with Crippen molar-refractivity contribution in [2.75, 3.05) is 5.73 Å². The zero-order chi connectivity index (χ0) is 13.2. The van der Waals surface area contributed by atoms with Gasteiger partial charge in [-0.15, -0.1) is 0 Å². The molecule has 0 amide bonds. The van der Waals surface area contributed by atoms with Crippen LogP contribution in [0.15, 0.2) is 42.9 Å². The van der Waals surface area contributed by atoms with E-state index in [2.05, 4.69) is 15.0 Å². The van der Waals surface area contributed by atoms with Gasteiger partial charge in [-0.2, -0.15) is 0 Å². The summed E-state index contributed by atoms with van der Waals surface area (Å²) in [6.45, 7) is 1.92. The molecule has 19 heavy (non-hydrogen) atoms. The Morgan fingerprint density at radius 3 is 2.74 bits per heavy atom. The van der Waals surface area contributed by atoms with Gasteiger partial charge in [0.25, 0.3) is 0 Å². The number of nitrogens with zero attached hydrogens (tertiary/aromatic N) is 3. The van der Waals surface area contributed by atoms with Crippen LogP contribution in [0, 0.1) is 6.92 Å². The number of pyridine rings is 1. The Labute approximate surface area is 110 Å². The van der Waals surface area contributed by atoms with Crippen molar-refractivity contribution in [3.8, 4) is 11.6 Å². The van der Waals surface area contributed by atoms with E-state index in [-0.39, 0.29) is 0 Å². The Hall–Kier alpha value is -2.69. The van der Waals surface area contributed by atoms with Gasteiger partial charge in [-0.3, -0.25) is 4.98 Å². The molecule has 0 aliphatic heterocycles. The van der Waals surface area contributed by atoms with E-state index in [1.165, 1.54) is 6.33 Å². The molecule has 0 bridgehead atoms.